The van der Waals surface area contributed by atoms with Gasteiger partial charge < -0.3 is 5.32 Å². The van der Waals surface area contributed by atoms with Gasteiger partial charge in [-0.1, -0.05) is 29.8 Å². The topological polar surface area (TPSA) is 66.5 Å². The first kappa shape index (κ1) is 20.5. The highest BCUT2D eigenvalue weighted by Gasteiger charge is 2.42. The van der Waals surface area contributed by atoms with Gasteiger partial charge >= 0.3 is 0 Å². The average Bonchev–Trinajstić information content (AvgIpc) is 3.08. The Morgan fingerprint density at radius 1 is 1.26 bits per heavy atom. The molecule has 1 aromatic heterocycles. The highest BCUT2D eigenvalue weighted by molar-refractivity contribution is 9.11. The normalized spacial score (nSPS) is 21.1. The highest BCUT2D eigenvalue weighted by Crippen LogP contribution is 2.35. The van der Waals surface area contributed by atoms with Crippen LogP contribution in [0.4, 0.5) is 0 Å². The van der Waals surface area contributed by atoms with Gasteiger partial charge in [-0.05, 0) is 60.3 Å². The minimum absolute atomic E-state index is 0.102. The Morgan fingerprint density at radius 2 is 1.96 bits per heavy atom. The van der Waals surface area contributed by atoms with E-state index in [4.69, 9.17) is 0 Å². The molecule has 1 atom stereocenters. The van der Waals surface area contributed by atoms with Crippen LogP contribution in [0.2, 0.25) is 0 Å². The van der Waals surface area contributed by atoms with E-state index < -0.39 is 15.4 Å². The molecule has 27 heavy (non-hydrogen) atoms. The van der Waals surface area contributed by atoms with Gasteiger partial charge in [-0.2, -0.15) is 4.31 Å². The summed E-state index contributed by atoms with van der Waals surface area (Å²) in [6, 6.07) is 11.3. The number of carbonyl (C=O) groups excluding carboxylic acids is 1. The molecule has 1 N–H and O–H groups in total. The summed E-state index contributed by atoms with van der Waals surface area (Å²) in [4.78, 5) is 12.8. The van der Waals surface area contributed by atoms with Crippen molar-refractivity contribution >= 4 is 43.2 Å². The highest BCUT2D eigenvalue weighted by atomic mass is 79.9. The van der Waals surface area contributed by atoms with E-state index in [1.165, 1.54) is 21.2 Å². The number of nitrogens with zero attached hydrogens (tertiary/aromatic N) is 1. The number of nitrogens with one attached hydrogen (secondary N) is 1. The molecule has 1 saturated heterocycles. The minimum Gasteiger partial charge on any atom is -0.352 e. The van der Waals surface area contributed by atoms with Crippen LogP contribution in [0.1, 0.15) is 30.9 Å². The van der Waals surface area contributed by atoms with Gasteiger partial charge in [-0.25, -0.2) is 8.42 Å². The SMILES string of the molecule is Cc1ccc(CNC(=O)C2(C)CCCN(S(=O)(=O)c3ccc(Br)s3)C2)cc1. The number of carbonyl (C=O) groups is 1. The van der Waals surface area contributed by atoms with E-state index in [1.54, 1.807) is 12.1 Å². The molecule has 0 aliphatic carbocycles. The van der Waals surface area contributed by atoms with Crippen LogP contribution in [0.5, 0.6) is 0 Å². The van der Waals surface area contributed by atoms with Crippen molar-refractivity contribution in [2.75, 3.05) is 13.1 Å². The Morgan fingerprint density at radius 3 is 2.59 bits per heavy atom. The van der Waals surface area contributed by atoms with Gasteiger partial charge in [0.25, 0.3) is 10.0 Å². The van der Waals surface area contributed by atoms with Crippen LogP contribution in [0.15, 0.2) is 44.4 Å². The van der Waals surface area contributed by atoms with E-state index in [9.17, 15) is 13.2 Å². The summed E-state index contributed by atoms with van der Waals surface area (Å²) in [6.45, 7) is 4.96. The van der Waals surface area contributed by atoms with Crippen molar-refractivity contribution in [3.63, 3.8) is 0 Å². The molecule has 3 rings (SSSR count). The lowest BCUT2D eigenvalue weighted by molar-refractivity contribution is -0.132. The van der Waals surface area contributed by atoms with E-state index in [0.717, 1.165) is 9.35 Å². The van der Waals surface area contributed by atoms with Crippen LogP contribution in [0.3, 0.4) is 0 Å². The van der Waals surface area contributed by atoms with Gasteiger partial charge in [0.1, 0.15) is 4.21 Å². The molecule has 146 valence electrons. The Hall–Kier alpha value is -1.22. The van der Waals surface area contributed by atoms with Crippen LogP contribution in [-0.4, -0.2) is 31.7 Å². The Kier molecular flexibility index (Phi) is 6.10. The van der Waals surface area contributed by atoms with Crippen molar-refractivity contribution in [2.45, 2.75) is 37.4 Å². The summed E-state index contributed by atoms with van der Waals surface area (Å²) in [5, 5.41) is 2.98. The Bertz CT molecular complexity index is 925. The zero-order chi connectivity index (χ0) is 19.7. The van der Waals surface area contributed by atoms with Crippen molar-refractivity contribution in [3.8, 4) is 0 Å². The zero-order valence-corrected chi connectivity index (χ0v) is 18.6. The van der Waals surface area contributed by atoms with Crippen molar-refractivity contribution in [1.82, 2.24) is 9.62 Å². The molecule has 0 spiro atoms. The predicted octanol–water partition coefficient (Wildman–Crippen LogP) is 3.93. The summed E-state index contributed by atoms with van der Waals surface area (Å²) in [5.74, 6) is -0.102. The van der Waals surface area contributed by atoms with Gasteiger partial charge in [0.2, 0.25) is 5.91 Å². The third-order valence-corrected chi connectivity index (χ3v) is 8.86. The lowest BCUT2D eigenvalue weighted by atomic mass is 9.82. The van der Waals surface area contributed by atoms with Gasteiger partial charge in [0.05, 0.1) is 9.20 Å². The number of piperidine rings is 1. The van der Waals surface area contributed by atoms with Gasteiger partial charge in [-0.15, -0.1) is 11.3 Å². The molecule has 1 fully saturated rings. The summed E-state index contributed by atoms with van der Waals surface area (Å²) < 4.78 is 28.3. The fraction of sp³-hybridized carbons (Fsp3) is 0.421. The van der Waals surface area contributed by atoms with E-state index in [2.05, 4.69) is 21.2 Å². The molecular weight excluding hydrogens is 448 g/mol. The third kappa shape index (κ3) is 4.62. The van der Waals surface area contributed by atoms with Crippen molar-refractivity contribution in [1.29, 1.82) is 0 Å². The van der Waals surface area contributed by atoms with Crippen LogP contribution >= 0.6 is 27.3 Å². The van der Waals surface area contributed by atoms with Crippen LogP contribution < -0.4 is 5.32 Å². The number of thiophene rings is 1. The molecule has 2 aromatic rings. The van der Waals surface area contributed by atoms with Crippen molar-refractivity contribution in [2.24, 2.45) is 5.41 Å². The number of hydrogen-bond acceptors (Lipinski definition) is 4. The molecule has 1 amide bonds. The Balaban J connectivity index is 1.69. The molecular formula is C19H23BrN2O3S2. The van der Waals surface area contributed by atoms with Crippen LogP contribution in [-0.2, 0) is 21.4 Å². The van der Waals surface area contributed by atoms with Crippen LogP contribution in [0.25, 0.3) is 0 Å². The monoisotopic (exact) mass is 470 g/mol. The lowest BCUT2D eigenvalue weighted by Gasteiger charge is -2.38. The fourth-order valence-corrected chi connectivity index (χ4v) is 7.02. The van der Waals surface area contributed by atoms with E-state index in [0.29, 0.717) is 30.1 Å². The van der Waals surface area contributed by atoms with E-state index in [1.807, 2.05) is 38.1 Å². The predicted molar refractivity (Wildman–Crippen MR) is 111 cm³/mol. The average molecular weight is 471 g/mol. The van der Waals surface area contributed by atoms with Crippen molar-refractivity contribution < 1.29 is 13.2 Å². The number of halogens is 1. The number of hydrogen-bond donors (Lipinski definition) is 1. The quantitative estimate of drug-likeness (QED) is 0.719. The second-order valence-electron chi connectivity index (χ2n) is 7.23. The molecule has 1 aliphatic rings. The number of amides is 1. The van der Waals surface area contributed by atoms with Crippen LogP contribution in [0, 0.1) is 12.3 Å². The maximum Gasteiger partial charge on any atom is 0.252 e. The second-order valence-corrected chi connectivity index (χ2v) is 11.9. The van der Waals surface area contributed by atoms with Gasteiger partial charge in [0.15, 0.2) is 0 Å². The van der Waals surface area contributed by atoms with E-state index in [-0.39, 0.29) is 12.5 Å². The minimum atomic E-state index is -3.58. The zero-order valence-electron chi connectivity index (χ0n) is 15.4. The van der Waals surface area contributed by atoms with Gasteiger partial charge in [-0.3, -0.25) is 4.79 Å². The molecule has 0 radical (unpaired) electrons. The second kappa shape index (κ2) is 8.03. The molecule has 1 aliphatic heterocycles. The first-order chi connectivity index (χ1) is 12.7. The molecule has 8 heteroatoms. The third-order valence-electron chi connectivity index (χ3n) is 4.93. The number of aryl methyl sites for hydroxylation is 1. The first-order valence-electron chi connectivity index (χ1n) is 8.80. The summed E-state index contributed by atoms with van der Waals surface area (Å²) in [6.07, 6.45) is 1.34. The molecule has 1 unspecified atom stereocenters. The fourth-order valence-electron chi connectivity index (χ4n) is 3.25. The standard InChI is InChI=1S/C19H23BrN2O3S2/c1-14-4-6-15(7-5-14)12-21-18(23)19(2)10-3-11-22(13-19)27(24,25)17-9-8-16(20)26-17/h4-9H,3,10-13H2,1-2H3,(H,21,23). The van der Waals surface area contributed by atoms with E-state index >= 15 is 0 Å². The first-order valence-corrected chi connectivity index (χ1v) is 11.8. The molecule has 0 saturated carbocycles. The number of rotatable bonds is 5. The summed E-state index contributed by atoms with van der Waals surface area (Å²) >= 11 is 4.50. The maximum absolute atomic E-state index is 12.9. The lowest BCUT2D eigenvalue weighted by Crippen LogP contribution is -2.51. The Labute approximate surface area is 173 Å². The molecule has 5 nitrogen and oxygen atoms in total. The van der Waals surface area contributed by atoms with Crippen molar-refractivity contribution in [3.05, 3.63) is 51.3 Å². The maximum atomic E-state index is 12.9. The molecule has 2 heterocycles. The molecule has 0 bridgehead atoms. The number of benzene rings is 1. The van der Waals surface area contributed by atoms with Gasteiger partial charge in [0, 0.05) is 19.6 Å². The molecule has 1 aromatic carbocycles. The summed E-state index contributed by atoms with van der Waals surface area (Å²) in [5.41, 5.74) is 1.47. The largest absolute Gasteiger partial charge is 0.352 e. The summed E-state index contributed by atoms with van der Waals surface area (Å²) in [7, 11) is -3.58. The smallest absolute Gasteiger partial charge is 0.252 e. The number of sulfonamides is 1.